The van der Waals surface area contributed by atoms with E-state index in [4.69, 9.17) is 5.73 Å². The second kappa shape index (κ2) is 4.65. The molecule has 0 aliphatic rings. The van der Waals surface area contributed by atoms with Crippen molar-refractivity contribution < 1.29 is 13.2 Å². The minimum atomic E-state index is -4.32. The van der Waals surface area contributed by atoms with Crippen molar-refractivity contribution in [2.75, 3.05) is 6.54 Å². The van der Waals surface area contributed by atoms with E-state index in [2.05, 4.69) is 0 Å². The molecular weight excluding hydrogens is 241 g/mol. The highest BCUT2D eigenvalue weighted by atomic mass is 19.4. The Balaban J connectivity index is 2.59. The zero-order chi connectivity index (χ0) is 13.3. The predicted molar refractivity (Wildman–Crippen MR) is 65.3 cm³/mol. The molecular formula is C13H15F3N2. The summed E-state index contributed by atoms with van der Waals surface area (Å²) in [4.78, 5) is 0. The number of halogens is 3. The first-order valence-corrected chi connectivity index (χ1v) is 5.79. The Bertz CT molecular complexity index is 555. The van der Waals surface area contributed by atoms with Gasteiger partial charge in [-0.25, -0.2) is 0 Å². The highest BCUT2D eigenvalue weighted by Gasteiger charge is 2.34. The molecule has 0 aliphatic heterocycles. The number of rotatable bonds is 3. The summed E-state index contributed by atoms with van der Waals surface area (Å²) in [6, 6.07) is 6.55. The van der Waals surface area contributed by atoms with Crippen LogP contribution in [0.2, 0.25) is 0 Å². The molecule has 1 heterocycles. The van der Waals surface area contributed by atoms with Gasteiger partial charge < -0.3 is 10.3 Å². The molecule has 98 valence electrons. The van der Waals surface area contributed by atoms with Gasteiger partial charge in [0.25, 0.3) is 0 Å². The van der Waals surface area contributed by atoms with Crippen LogP contribution in [0.3, 0.4) is 0 Å². The third kappa shape index (κ3) is 2.22. The van der Waals surface area contributed by atoms with E-state index in [-0.39, 0.29) is 0 Å². The Labute approximate surface area is 103 Å². The average Bonchev–Trinajstić information content (AvgIpc) is 2.65. The van der Waals surface area contributed by atoms with Crippen molar-refractivity contribution in [3.05, 3.63) is 35.5 Å². The molecule has 1 aromatic heterocycles. The number of fused-ring (bicyclic) bond motifs is 1. The van der Waals surface area contributed by atoms with E-state index >= 15 is 0 Å². The van der Waals surface area contributed by atoms with Gasteiger partial charge in [0, 0.05) is 12.4 Å². The van der Waals surface area contributed by atoms with Gasteiger partial charge in [0.1, 0.15) is 5.69 Å². The van der Waals surface area contributed by atoms with Crippen LogP contribution in [0.4, 0.5) is 13.2 Å². The Morgan fingerprint density at radius 2 is 2.00 bits per heavy atom. The molecule has 0 spiro atoms. The van der Waals surface area contributed by atoms with E-state index in [1.807, 2.05) is 6.07 Å². The smallest absolute Gasteiger partial charge is 0.340 e. The molecule has 0 saturated carbocycles. The minimum Gasteiger partial charge on any atom is -0.340 e. The largest absolute Gasteiger partial charge is 0.431 e. The van der Waals surface area contributed by atoms with Crippen LogP contribution < -0.4 is 5.73 Å². The molecule has 0 unspecified atom stereocenters. The van der Waals surface area contributed by atoms with Crippen LogP contribution in [-0.2, 0) is 19.6 Å². The van der Waals surface area contributed by atoms with Crippen LogP contribution >= 0.6 is 0 Å². The maximum atomic E-state index is 12.8. The third-order valence-corrected chi connectivity index (χ3v) is 3.08. The average molecular weight is 256 g/mol. The molecule has 2 aromatic rings. The monoisotopic (exact) mass is 256 g/mol. The number of hydrogen-bond acceptors (Lipinski definition) is 1. The topological polar surface area (TPSA) is 30.9 Å². The standard InChI is InChI=1S/C13H15F3N2/c1-18-11(13(14,15)16)8-10-5-2-4-9(12(10)18)6-3-7-17/h2,4-5,8H,3,6-7,17H2,1H3. The second-order valence-electron chi connectivity index (χ2n) is 4.33. The Morgan fingerprint density at radius 3 is 2.61 bits per heavy atom. The van der Waals surface area contributed by atoms with Gasteiger partial charge in [0.05, 0.1) is 5.52 Å². The summed E-state index contributed by atoms with van der Waals surface area (Å²) in [6.07, 6.45) is -2.85. The molecule has 2 N–H and O–H groups in total. The van der Waals surface area contributed by atoms with Gasteiger partial charge >= 0.3 is 6.18 Å². The van der Waals surface area contributed by atoms with Gasteiger partial charge in [0.15, 0.2) is 0 Å². The van der Waals surface area contributed by atoms with Crippen LogP contribution in [0.1, 0.15) is 17.7 Å². The number of aryl methyl sites for hydroxylation is 2. The first-order chi connectivity index (χ1) is 8.45. The van der Waals surface area contributed by atoms with E-state index < -0.39 is 11.9 Å². The summed E-state index contributed by atoms with van der Waals surface area (Å²) < 4.78 is 39.7. The lowest BCUT2D eigenvalue weighted by Crippen LogP contribution is -2.11. The molecule has 0 amide bonds. The van der Waals surface area contributed by atoms with Crippen LogP contribution in [0, 0.1) is 0 Å². The Kier molecular flexibility index (Phi) is 3.34. The van der Waals surface area contributed by atoms with E-state index in [1.54, 1.807) is 12.1 Å². The summed E-state index contributed by atoms with van der Waals surface area (Å²) >= 11 is 0. The molecule has 5 heteroatoms. The van der Waals surface area contributed by atoms with Gasteiger partial charge in [-0.05, 0) is 31.0 Å². The molecule has 0 radical (unpaired) electrons. The van der Waals surface area contributed by atoms with Gasteiger partial charge in [0.2, 0.25) is 0 Å². The van der Waals surface area contributed by atoms with Crippen LogP contribution in [-0.4, -0.2) is 11.1 Å². The lowest BCUT2D eigenvalue weighted by Gasteiger charge is -2.10. The Morgan fingerprint density at radius 1 is 1.28 bits per heavy atom. The third-order valence-electron chi connectivity index (χ3n) is 3.08. The van der Waals surface area contributed by atoms with Gasteiger partial charge in [-0.1, -0.05) is 18.2 Å². The van der Waals surface area contributed by atoms with E-state index in [0.717, 1.165) is 12.0 Å². The van der Waals surface area contributed by atoms with Crippen molar-refractivity contribution in [2.24, 2.45) is 12.8 Å². The minimum absolute atomic E-state index is 0.535. The van der Waals surface area contributed by atoms with E-state index in [9.17, 15) is 13.2 Å². The summed E-state index contributed by atoms with van der Waals surface area (Å²) in [5, 5.41) is 0.624. The maximum absolute atomic E-state index is 12.8. The summed E-state index contributed by atoms with van der Waals surface area (Å²) in [5.74, 6) is 0. The molecule has 0 fully saturated rings. The maximum Gasteiger partial charge on any atom is 0.431 e. The predicted octanol–water partition coefficient (Wildman–Crippen LogP) is 3.09. The first kappa shape index (κ1) is 13.0. The summed E-state index contributed by atoms with van der Waals surface area (Å²) in [5.41, 5.74) is 6.40. The fraction of sp³-hybridized carbons (Fsp3) is 0.385. The Hall–Kier alpha value is -1.49. The van der Waals surface area contributed by atoms with E-state index in [1.165, 1.54) is 17.7 Å². The van der Waals surface area contributed by atoms with Crippen LogP contribution in [0.15, 0.2) is 24.3 Å². The van der Waals surface area contributed by atoms with Crippen LogP contribution in [0.25, 0.3) is 10.9 Å². The number of aromatic nitrogens is 1. The van der Waals surface area contributed by atoms with E-state index in [0.29, 0.717) is 23.9 Å². The molecule has 2 rings (SSSR count). The van der Waals surface area contributed by atoms with Crippen LogP contribution in [0.5, 0.6) is 0 Å². The molecule has 1 aromatic carbocycles. The number of para-hydroxylation sites is 1. The van der Waals surface area contributed by atoms with Crippen molar-refractivity contribution in [1.29, 1.82) is 0 Å². The molecule has 18 heavy (non-hydrogen) atoms. The highest BCUT2D eigenvalue weighted by Crippen LogP contribution is 2.34. The molecule has 2 nitrogen and oxygen atoms in total. The molecule has 0 saturated heterocycles. The first-order valence-electron chi connectivity index (χ1n) is 5.79. The molecule has 0 aliphatic carbocycles. The van der Waals surface area contributed by atoms with Gasteiger partial charge in [-0.15, -0.1) is 0 Å². The fourth-order valence-corrected chi connectivity index (χ4v) is 2.27. The van der Waals surface area contributed by atoms with Gasteiger partial charge in [-0.2, -0.15) is 13.2 Å². The number of nitrogens with two attached hydrogens (primary N) is 1. The van der Waals surface area contributed by atoms with Crippen molar-refractivity contribution in [1.82, 2.24) is 4.57 Å². The zero-order valence-corrected chi connectivity index (χ0v) is 10.1. The lowest BCUT2D eigenvalue weighted by atomic mass is 10.1. The number of nitrogens with zero attached hydrogens (tertiary/aromatic N) is 1. The number of hydrogen-bond donors (Lipinski definition) is 1. The number of alkyl halides is 3. The highest BCUT2D eigenvalue weighted by molar-refractivity contribution is 5.84. The second-order valence-corrected chi connectivity index (χ2v) is 4.33. The van der Waals surface area contributed by atoms with Crippen molar-refractivity contribution in [3.63, 3.8) is 0 Å². The summed E-state index contributed by atoms with van der Waals surface area (Å²) in [6.45, 7) is 0.535. The fourth-order valence-electron chi connectivity index (χ4n) is 2.27. The number of benzene rings is 1. The lowest BCUT2D eigenvalue weighted by molar-refractivity contribution is -0.142. The molecule has 0 bridgehead atoms. The zero-order valence-electron chi connectivity index (χ0n) is 10.1. The summed E-state index contributed by atoms with van der Waals surface area (Å²) in [7, 11) is 1.46. The quantitative estimate of drug-likeness (QED) is 0.898. The normalized spacial score (nSPS) is 12.3. The molecule has 0 atom stereocenters. The van der Waals surface area contributed by atoms with Crippen molar-refractivity contribution >= 4 is 10.9 Å². The van der Waals surface area contributed by atoms with Crippen molar-refractivity contribution in [3.8, 4) is 0 Å². The van der Waals surface area contributed by atoms with Gasteiger partial charge in [-0.3, -0.25) is 0 Å². The SMILES string of the molecule is Cn1c(C(F)(F)F)cc2cccc(CCCN)c21. The van der Waals surface area contributed by atoms with Crippen molar-refractivity contribution in [2.45, 2.75) is 19.0 Å².